The lowest BCUT2D eigenvalue weighted by atomic mass is 10.1. The first-order valence-corrected chi connectivity index (χ1v) is 10.7. The molecular formula is C24H25N6O4+. The molecule has 10 heteroatoms. The number of aliphatic imine (C=N–C) groups is 1. The molecule has 2 N–H and O–H groups in total. The van der Waals surface area contributed by atoms with Crippen LogP contribution < -0.4 is 10.6 Å². The quantitative estimate of drug-likeness (QED) is 0.630. The Hall–Kier alpha value is -4.34. The van der Waals surface area contributed by atoms with Crippen LogP contribution in [0.15, 0.2) is 53.5 Å². The lowest BCUT2D eigenvalue weighted by Gasteiger charge is -2.30. The summed E-state index contributed by atoms with van der Waals surface area (Å²) in [7, 11) is 2.92. The number of benzene rings is 2. The van der Waals surface area contributed by atoms with Gasteiger partial charge in [-0.2, -0.15) is 0 Å². The van der Waals surface area contributed by atoms with Crippen LogP contribution in [-0.4, -0.2) is 77.0 Å². The molecule has 2 aromatic rings. The molecule has 2 aliphatic heterocycles. The third-order valence-corrected chi connectivity index (χ3v) is 5.74. The number of imide groups is 1. The van der Waals surface area contributed by atoms with Crippen LogP contribution in [0.2, 0.25) is 0 Å². The van der Waals surface area contributed by atoms with Crippen LogP contribution in [-0.2, 0) is 16.1 Å². The minimum Gasteiger partial charge on any atom is -0.348 e. The van der Waals surface area contributed by atoms with Crippen LogP contribution in [0.5, 0.6) is 0 Å². The maximum atomic E-state index is 12.8. The molecule has 2 aliphatic rings. The summed E-state index contributed by atoms with van der Waals surface area (Å²) < 4.78 is 1.46. The van der Waals surface area contributed by atoms with Gasteiger partial charge in [-0.3, -0.25) is 24.2 Å². The predicted molar refractivity (Wildman–Crippen MR) is 126 cm³/mol. The van der Waals surface area contributed by atoms with E-state index in [1.165, 1.54) is 29.9 Å². The SMILES string of the molecule is Cc1ccc(CNC(=O)c2ccccc2NC(=O)C[N+]2=CN=C3C2C(=O)N(C)C(=O)N3C)cc1. The zero-order chi connectivity index (χ0) is 24.4. The number of anilines is 1. The molecule has 1 atom stereocenters. The molecule has 2 heterocycles. The highest BCUT2D eigenvalue weighted by atomic mass is 16.2. The van der Waals surface area contributed by atoms with Crippen molar-refractivity contribution in [3.05, 3.63) is 65.2 Å². The van der Waals surface area contributed by atoms with Crippen molar-refractivity contribution in [1.82, 2.24) is 15.1 Å². The average Bonchev–Trinajstić information content (AvgIpc) is 3.24. The highest BCUT2D eigenvalue weighted by Crippen LogP contribution is 2.18. The number of nitrogens with one attached hydrogen (secondary N) is 2. The smallest absolute Gasteiger partial charge is 0.333 e. The monoisotopic (exact) mass is 461 g/mol. The zero-order valence-electron chi connectivity index (χ0n) is 19.1. The Morgan fingerprint density at radius 2 is 1.74 bits per heavy atom. The third kappa shape index (κ3) is 4.42. The lowest BCUT2D eigenvalue weighted by Crippen LogP contribution is -2.61. The summed E-state index contributed by atoms with van der Waals surface area (Å²) in [6, 6.07) is 13.2. The van der Waals surface area contributed by atoms with Gasteiger partial charge in [0.1, 0.15) is 0 Å². The fraction of sp³-hybridized carbons (Fsp3) is 0.250. The summed E-state index contributed by atoms with van der Waals surface area (Å²) in [5, 5.41) is 5.61. The second-order valence-electron chi connectivity index (χ2n) is 8.18. The zero-order valence-corrected chi connectivity index (χ0v) is 19.1. The maximum absolute atomic E-state index is 12.8. The molecule has 1 unspecified atom stereocenters. The summed E-state index contributed by atoms with van der Waals surface area (Å²) >= 11 is 0. The van der Waals surface area contributed by atoms with E-state index in [2.05, 4.69) is 15.6 Å². The number of likely N-dealkylation sites (N-methyl/N-ethyl adjacent to an activating group) is 2. The van der Waals surface area contributed by atoms with Crippen LogP contribution in [0.1, 0.15) is 21.5 Å². The van der Waals surface area contributed by atoms with Gasteiger partial charge >= 0.3 is 6.03 Å². The van der Waals surface area contributed by atoms with Gasteiger partial charge in [-0.1, -0.05) is 42.0 Å². The van der Waals surface area contributed by atoms with Crippen LogP contribution in [0.4, 0.5) is 10.5 Å². The van der Waals surface area contributed by atoms with Crippen molar-refractivity contribution in [3.8, 4) is 0 Å². The molecule has 0 aromatic heterocycles. The van der Waals surface area contributed by atoms with Crippen LogP contribution in [0.3, 0.4) is 0 Å². The number of urea groups is 1. The van der Waals surface area contributed by atoms with Crippen LogP contribution in [0, 0.1) is 6.92 Å². The van der Waals surface area contributed by atoms with Gasteiger partial charge in [0.2, 0.25) is 0 Å². The Balaban J connectivity index is 1.41. The van der Waals surface area contributed by atoms with E-state index >= 15 is 0 Å². The van der Waals surface area contributed by atoms with Crippen molar-refractivity contribution in [3.63, 3.8) is 0 Å². The standard InChI is InChI=1S/C24H24N6O4/c1-15-8-10-16(11-9-15)12-25-22(32)17-6-4-5-7-18(17)27-19(31)13-30-14-26-21-20(30)23(33)29(3)24(34)28(21)2/h4-11,14,20H,12-13H2,1-3H3,(H-,25,27,31,32)/p+1. The number of fused-ring (bicyclic) bond motifs is 1. The molecule has 5 amide bonds. The molecule has 0 saturated carbocycles. The van der Waals surface area contributed by atoms with Gasteiger partial charge in [0.05, 0.1) is 11.3 Å². The van der Waals surface area contributed by atoms with E-state index in [1.807, 2.05) is 31.2 Å². The normalized spacial score (nSPS) is 17.2. The first-order valence-electron chi connectivity index (χ1n) is 10.7. The molecule has 10 nitrogen and oxygen atoms in total. The number of para-hydroxylation sites is 1. The largest absolute Gasteiger partial charge is 0.348 e. The summed E-state index contributed by atoms with van der Waals surface area (Å²) in [5.41, 5.74) is 2.78. The molecular weight excluding hydrogens is 436 g/mol. The average molecular weight is 462 g/mol. The molecule has 0 radical (unpaired) electrons. The molecule has 0 spiro atoms. The van der Waals surface area contributed by atoms with E-state index in [4.69, 9.17) is 0 Å². The fourth-order valence-corrected chi connectivity index (χ4v) is 3.80. The first-order chi connectivity index (χ1) is 16.3. The highest BCUT2D eigenvalue weighted by molar-refractivity contribution is 6.21. The van der Waals surface area contributed by atoms with Crippen molar-refractivity contribution in [2.24, 2.45) is 4.99 Å². The van der Waals surface area contributed by atoms with Gasteiger partial charge in [-0.15, -0.1) is 0 Å². The van der Waals surface area contributed by atoms with Crippen molar-refractivity contribution in [2.75, 3.05) is 26.0 Å². The molecule has 1 fully saturated rings. The number of hydrogen-bond acceptors (Lipinski definition) is 5. The van der Waals surface area contributed by atoms with Gasteiger partial charge in [0.15, 0.2) is 6.54 Å². The van der Waals surface area contributed by atoms with Gasteiger partial charge in [-0.25, -0.2) is 9.37 Å². The lowest BCUT2D eigenvalue weighted by molar-refractivity contribution is -0.519. The van der Waals surface area contributed by atoms with Crippen molar-refractivity contribution in [1.29, 1.82) is 0 Å². The summed E-state index contributed by atoms with van der Waals surface area (Å²) in [6.45, 7) is 2.17. The summed E-state index contributed by atoms with van der Waals surface area (Å²) in [5.74, 6) is -0.934. The number of carbonyl (C=O) groups is 4. The van der Waals surface area contributed by atoms with E-state index in [-0.39, 0.29) is 18.3 Å². The Morgan fingerprint density at radius 3 is 2.47 bits per heavy atom. The number of rotatable bonds is 6. The number of carbonyl (C=O) groups excluding carboxylic acids is 4. The highest BCUT2D eigenvalue weighted by Gasteiger charge is 2.50. The number of nitrogens with zero attached hydrogens (tertiary/aromatic N) is 4. The Bertz CT molecular complexity index is 1230. The maximum Gasteiger partial charge on any atom is 0.333 e. The van der Waals surface area contributed by atoms with E-state index < -0.39 is 23.9 Å². The van der Waals surface area contributed by atoms with Crippen molar-refractivity contribution >= 4 is 41.6 Å². The summed E-state index contributed by atoms with van der Waals surface area (Å²) in [6.07, 6.45) is 1.38. The summed E-state index contributed by atoms with van der Waals surface area (Å²) in [4.78, 5) is 56.7. The molecule has 174 valence electrons. The Labute approximate surface area is 196 Å². The van der Waals surface area contributed by atoms with Crippen molar-refractivity contribution in [2.45, 2.75) is 19.5 Å². The molecule has 0 bridgehead atoms. The Morgan fingerprint density at radius 1 is 1.03 bits per heavy atom. The topological polar surface area (TPSA) is 114 Å². The van der Waals surface area contributed by atoms with E-state index in [0.29, 0.717) is 17.8 Å². The molecule has 4 rings (SSSR count). The molecule has 1 saturated heterocycles. The van der Waals surface area contributed by atoms with E-state index in [0.717, 1.165) is 16.0 Å². The number of amidine groups is 1. The van der Waals surface area contributed by atoms with Gasteiger partial charge in [0, 0.05) is 20.6 Å². The minimum atomic E-state index is -0.855. The molecule has 2 aromatic carbocycles. The van der Waals surface area contributed by atoms with E-state index in [9.17, 15) is 19.2 Å². The molecule has 0 aliphatic carbocycles. The number of aryl methyl sites for hydroxylation is 1. The van der Waals surface area contributed by atoms with Crippen LogP contribution in [0.25, 0.3) is 0 Å². The second kappa shape index (κ2) is 9.26. The van der Waals surface area contributed by atoms with Gasteiger partial charge in [0.25, 0.3) is 35.9 Å². The van der Waals surface area contributed by atoms with Crippen molar-refractivity contribution < 1.29 is 23.8 Å². The van der Waals surface area contributed by atoms with E-state index in [1.54, 1.807) is 24.3 Å². The Kier molecular flexibility index (Phi) is 6.22. The second-order valence-corrected chi connectivity index (χ2v) is 8.18. The van der Waals surface area contributed by atoms with Gasteiger partial charge in [-0.05, 0) is 29.6 Å². The third-order valence-electron chi connectivity index (χ3n) is 5.74. The number of hydrogen-bond donors (Lipinski definition) is 2. The molecule has 34 heavy (non-hydrogen) atoms. The van der Waals surface area contributed by atoms with Crippen LogP contribution >= 0.6 is 0 Å². The fourth-order valence-electron chi connectivity index (χ4n) is 3.80. The first kappa shape index (κ1) is 22.8. The minimum absolute atomic E-state index is 0.182. The predicted octanol–water partition coefficient (Wildman–Crippen LogP) is 1.21. The number of amides is 5. The van der Waals surface area contributed by atoms with Gasteiger partial charge < -0.3 is 10.6 Å².